The average molecular weight is 341 g/mol. The van der Waals surface area contributed by atoms with E-state index in [4.69, 9.17) is 15.0 Å². The van der Waals surface area contributed by atoms with Crippen molar-refractivity contribution in [3.05, 3.63) is 12.7 Å². The van der Waals surface area contributed by atoms with Gasteiger partial charge in [0.05, 0.1) is 12.5 Å². The first-order chi connectivity index (χ1) is 11.6. The zero-order chi connectivity index (χ0) is 17.9. The molecule has 8 nitrogen and oxygen atoms in total. The van der Waals surface area contributed by atoms with Crippen molar-refractivity contribution in [3.63, 3.8) is 0 Å². The summed E-state index contributed by atoms with van der Waals surface area (Å²) in [5.41, 5.74) is 0. The summed E-state index contributed by atoms with van der Waals surface area (Å²) >= 11 is 0. The lowest BCUT2D eigenvalue weighted by atomic mass is 10.1. The van der Waals surface area contributed by atoms with Gasteiger partial charge in [-0.25, -0.2) is 0 Å². The van der Waals surface area contributed by atoms with Crippen LogP contribution in [0.15, 0.2) is 12.7 Å². The zero-order valence-corrected chi connectivity index (χ0v) is 14.0. The van der Waals surface area contributed by atoms with E-state index in [1.165, 1.54) is 0 Å². The fraction of sp³-hybridized carbons (Fsp3) is 0.688. The third kappa shape index (κ3) is 5.93. The van der Waals surface area contributed by atoms with Gasteiger partial charge in [-0.05, 0) is 13.0 Å². The van der Waals surface area contributed by atoms with Crippen LogP contribution in [0.2, 0.25) is 0 Å². The highest BCUT2D eigenvalue weighted by Gasteiger charge is 2.36. The maximum absolute atomic E-state index is 12.6. The van der Waals surface area contributed by atoms with Crippen molar-refractivity contribution in [1.29, 1.82) is 0 Å². The van der Waals surface area contributed by atoms with E-state index < -0.39 is 0 Å². The van der Waals surface area contributed by atoms with Gasteiger partial charge in [-0.1, -0.05) is 6.08 Å². The molecule has 0 radical (unpaired) electrons. The van der Waals surface area contributed by atoms with Gasteiger partial charge in [-0.3, -0.25) is 19.3 Å². The van der Waals surface area contributed by atoms with Crippen molar-refractivity contribution < 1.29 is 24.6 Å². The Labute approximate surface area is 142 Å². The molecule has 2 amide bonds. The minimum atomic E-state index is -0.250. The van der Waals surface area contributed by atoms with Gasteiger partial charge >= 0.3 is 0 Å². The number of carbonyl (C=O) groups excluding carboxylic acids is 2. The van der Waals surface area contributed by atoms with Crippen LogP contribution >= 0.6 is 0 Å². The zero-order valence-electron chi connectivity index (χ0n) is 14.0. The molecule has 0 bridgehead atoms. The van der Waals surface area contributed by atoms with Gasteiger partial charge in [0.15, 0.2) is 0 Å². The Morgan fingerprint density at radius 3 is 2.62 bits per heavy atom. The molecule has 8 heteroatoms. The van der Waals surface area contributed by atoms with Gasteiger partial charge in [-0.2, -0.15) is 0 Å². The van der Waals surface area contributed by atoms with Gasteiger partial charge in [0.2, 0.25) is 11.8 Å². The molecule has 2 aliphatic heterocycles. The van der Waals surface area contributed by atoms with Gasteiger partial charge in [0.25, 0.3) is 6.47 Å². The third-order valence-electron chi connectivity index (χ3n) is 4.23. The summed E-state index contributed by atoms with van der Waals surface area (Å²) in [6.07, 6.45) is 2.94. The van der Waals surface area contributed by atoms with E-state index in [-0.39, 0.29) is 30.8 Å². The Morgan fingerprint density at radius 1 is 1.29 bits per heavy atom. The highest BCUT2D eigenvalue weighted by molar-refractivity contribution is 5.89. The molecule has 2 N–H and O–H groups in total. The number of hydrogen-bond acceptors (Lipinski definition) is 5. The summed E-state index contributed by atoms with van der Waals surface area (Å²) in [5, 5.41) is 15.9. The fourth-order valence-electron chi connectivity index (χ4n) is 3.08. The van der Waals surface area contributed by atoms with E-state index in [2.05, 4.69) is 11.5 Å². The number of aliphatic hydroxyl groups excluding tert-OH is 1. The average Bonchev–Trinajstić information content (AvgIpc) is 2.77. The second-order valence-electron chi connectivity index (χ2n) is 5.84. The predicted molar refractivity (Wildman–Crippen MR) is 88.3 cm³/mol. The van der Waals surface area contributed by atoms with Crippen LogP contribution in [-0.2, 0) is 14.4 Å². The Bertz CT molecular complexity index is 443. The van der Waals surface area contributed by atoms with Crippen LogP contribution in [0, 0.1) is 5.92 Å². The van der Waals surface area contributed by atoms with Gasteiger partial charge in [0.1, 0.15) is 0 Å². The van der Waals surface area contributed by atoms with Crippen LogP contribution in [0.1, 0.15) is 12.8 Å². The van der Waals surface area contributed by atoms with E-state index in [1.54, 1.807) is 11.0 Å². The lowest BCUT2D eigenvalue weighted by molar-refractivity contribution is -0.135. The van der Waals surface area contributed by atoms with Gasteiger partial charge < -0.3 is 20.0 Å². The first-order valence-electron chi connectivity index (χ1n) is 8.15. The van der Waals surface area contributed by atoms with E-state index >= 15 is 0 Å². The summed E-state index contributed by atoms with van der Waals surface area (Å²) in [6, 6.07) is 0. The number of hydrogen-bond donors (Lipinski definition) is 2. The van der Waals surface area contributed by atoms with Crippen molar-refractivity contribution >= 4 is 18.3 Å². The smallest absolute Gasteiger partial charge is 0.290 e. The van der Waals surface area contributed by atoms with Crippen LogP contribution in [0.3, 0.4) is 0 Å². The molecule has 0 aromatic heterocycles. The van der Waals surface area contributed by atoms with Crippen molar-refractivity contribution in [2.45, 2.75) is 12.8 Å². The molecule has 2 rings (SSSR count). The Hall–Kier alpha value is -1.93. The molecule has 0 aliphatic carbocycles. The molecule has 0 saturated carbocycles. The number of likely N-dealkylation sites (tertiary alicyclic amines) is 1. The fourth-order valence-corrected chi connectivity index (χ4v) is 3.08. The Balaban J connectivity index is 0.000000891. The third-order valence-corrected chi connectivity index (χ3v) is 4.23. The molecule has 2 fully saturated rings. The summed E-state index contributed by atoms with van der Waals surface area (Å²) < 4.78 is 0. The van der Waals surface area contributed by atoms with Crippen molar-refractivity contribution in [1.82, 2.24) is 14.7 Å². The first kappa shape index (κ1) is 20.1. The molecular formula is C16H27N3O5. The van der Waals surface area contributed by atoms with Crippen LogP contribution in [0.5, 0.6) is 0 Å². The van der Waals surface area contributed by atoms with Crippen LogP contribution in [-0.4, -0.2) is 95.6 Å². The summed E-state index contributed by atoms with van der Waals surface area (Å²) in [4.78, 5) is 38.5. The van der Waals surface area contributed by atoms with Crippen molar-refractivity contribution in [2.75, 3.05) is 52.4 Å². The normalized spacial score (nSPS) is 21.7. The number of rotatable bonds is 5. The van der Waals surface area contributed by atoms with E-state index in [0.717, 1.165) is 26.1 Å². The number of nitrogens with zero attached hydrogens (tertiary/aromatic N) is 3. The molecule has 2 heterocycles. The Morgan fingerprint density at radius 2 is 2.00 bits per heavy atom. The van der Waals surface area contributed by atoms with Gasteiger partial charge in [-0.15, -0.1) is 6.58 Å². The van der Waals surface area contributed by atoms with E-state index in [1.807, 2.05) is 4.90 Å². The number of amides is 2. The highest BCUT2D eigenvalue weighted by atomic mass is 16.3. The maximum atomic E-state index is 12.6. The SMILES string of the molecule is C=CCN1CC(C(=O)N2CCCN(CCO)CC2)CC1=O.O=CO. The second-order valence-corrected chi connectivity index (χ2v) is 5.84. The Kier molecular flexibility index (Phi) is 9.03. The number of carboxylic acid groups (broad SMARTS) is 1. The summed E-state index contributed by atoms with van der Waals surface area (Å²) in [6.45, 7) is 8.38. The number of aliphatic hydroxyl groups is 1. The minimum absolute atomic E-state index is 0.0463. The molecule has 24 heavy (non-hydrogen) atoms. The molecule has 2 aliphatic rings. The quantitative estimate of drug-likeness (QED) is 0.504. The largest absolute Gasteiger partial charge is 0.483 e. The first-order valence-corrected chi connectivity index (χ1v) is 8.15. The molecule has 136 valence electrons. The molecular weight excluding hydrogens is 314 g/mol. The van der Waals surface area contributed by atoms with E-state index in [0.29, 0.717) is 32.6 Å². The van der Waals surface area contributed by atoms with Crippen LogP contribution in [0.25, 0.3) is 0 Å². The molecule has 0 aromatic rings. The number of carbonyl (C=O) groups is 3. The molecule has 0 spiro atoms. The summed E-state index contributed by atoms with van der Waals surface area (Å²) in [7, 11) is 0. The minimum Gasteiger partial charge on any atom is -0.483 e. The highest BCUT2D eigenvalue weighted by Crippen LogP contribution is 2.20. The molecule has 1 atom stereocenters. The summed E-state index contributed by atoms with van der Waals surface area (Å²) in [5.74, 6) is -0.0624. The predicted octanol–water partition coefficient (Wildman–Crippen LogP) is -0.752. The molecule has 1 unspecified atom stereocenters. The van der Waals surface area contributed by atoms with Crippen molar-refractivity contribution in [3.8, 4) is 0 Å². The maximum Gasteiger partial charge on any atom is 0.290 e. The topological polar surface area (TPSA) is 101 Å². The number of β-amino-alcohol motifs (C(OH)–C–C–N with tert-alkyl or cyclic N) is 1. The van der Waals surface area contributed by atoms with Gasteiger partial charge in [0, 0.05) is 45.7 Å². The van der Waals surface area contributed by atoms with Crippen LogP contribution in [0.4, 0.5) is 0 Å². The van der Waals surface area contributed by atoms with Crippen LogP contribution < -0.4 is 0 Å². The monoisotopic (exact) mass is 341 g/mol. The lowest BCUT2D eigenvalue weighted by Crippen LogP contribution is -2.40. The van der Waals surface area contributed by atoms with E-state index in [9.17, 15) is 9.59 Å². The molecule has 0 aromatic carbocycles. The molecule has 2 saturated heterocycles. The lowest BCUT2D eigenvalue weighted by Gasteiger charge is -2.24. The standard InChI is InChI=1S/C15H25N3O3.CH2O2/c1-2-4-18-12-13(11-14(18)20)15(21)17-6-3-5-16(7-8-17)9-10-19;2-1-3/h2,13,19H,1,3-12H2;1H,(H,2,3). The second kappa shape index (κ2) is 10.8. The van der Waals surface area contributed by atoms with Crippen molar-refractivity contribution in [2.24, 2.45) is 5.92 Å².